The highest BCUT2D eigenvalue weighted by Crippen LogP contribution is 2.30. The molecule has 3 nitrogen and oxygen atoms in total. The first kappa shape index (κ1) is 11.3. The van der Waals surface area contributed by atoms with Gasteiger partial charge < -0.3 is 14.6 Å². The summed E-state index contributed by atoms with van der Waals surface area (Å²) in [4.78, 5) is 0. The molecule has 0 saturated carbocycles. The summed E-state index contributed by atoms with van der Waals surface area (Å²) < 4.78 is 10.8. The minimum absolute atomic E-state index is 0.0259. The monoisotopic (exact) mass is 216 g/mol. The Morgan fingerprint density at radius 3 is 2.86 bits per heavy atom. The van der Waals surface area contributed by atoms with Crippen LogP contribution >= 0.6 is 11.3 Å². The molecular formula is C10H16O3S. The zero-order valence-corrected chi connectivity index (χ0v) is 9.34. The van der Waals surface area contributed by atoms with Gasteiger partial charge in [-0.25, -0.2) is 0 Å². The van der Waals surface area contributed by atoms with Crippen LogP contribution in [0.2, 0.25) is 0 Å². The van der Waals surface area contributed by atoms with Crippen molar-refractivity contribution < 1.29 is 14.6 Å². The first-order valence-electron chi connectivity index (χ1n) is 4.73. The number of hydrogen-bond acceptors (Lipinski definition) is 4. The molecule has 0 aliphatic carbocycles. The van der Waals surface area contributed by atoms with Crippen LogP contribution in [0, 0.1) is 0 Å². The molecule has 0 spiro atoms. The number of thiophene rings is 1. The quantitative estimate of drug-likeness (QED) is 0.743. The van der Waals surface area contributed by atoms with Crippen molar-refractivity contribution in [3.8, 4) is 11.5 Å². The molecule has 1 atom stereocenters. The molecule has 1 aromatic heterocycles. The first-order valence-corrected chi connectivity index (χ1v) is 5.68. The zero-order valence-electron chi connectivity index (χ0n) is 8.53. The van der Waals surface area contributed by atoms with Crippen molar-refractivity contribution in [2.75, 3.05) is 13.2 Å². The Morgan fingerprint density at radius 1 is 1.50 bits per heavy atom. The second kappa shape index (κ2) is 5.88. The lowest BCUT2D eigenvalue weighted by Gasteiger charge is -2.13. The van der Waals surface area contributed by atoms with Crippen LogP contribution in [0.5, 0.6) is 11.5 Å². The molecule has 1 unspecified atom stereocenters. The predicted octanol–water partition coefficient (Wildman–Crippen LogP) is 2.65. The first-order chi connectivity index (χ1) is 6.74. The number of rotatable bonds is 6. The molecule has 1 N–H and O–H groups in total. The number of ether oxygens (including phenoxy) is 2. The number of hydrogen-bond donors (Lipinski definition) is 1. The standard InChI is InChI=1S/C10H16O3S/c1-3-4-12-5-8(2)13-10-7-14-6-9(10)11/h6-8,11H,3-5H2,1-2H3. The van der Waals surface area contributed by atoms with Crippen molar-refractivity contribution in [2.45, 2.75) is 26.4 Å². The van der Waals surface area contributed by atoms with Crippen LogP contribution in [0.1, 0.15) is 20.3 Å². The fraction of sp³-hybridized carbons (Fsp3) is 0.600. The maximum absolute atomic E-state index is 9.32. The van der Waals surface area contributed by atoms with Gasteiger partial charge in [-0.05, 0) is 13.3 Å². The van der Waals surface area contributed by atoms with Crippen LogP contribution < -0.4 is 4.74 Å². The van der Waals surface area contributed by atoms with Crippen LogP contribution in [0.15, 0.2) is 10.8 Å². The second-order valence-corrected chi connectivity index (χ2v) is 3.87. The lowest BCUT2D eigenvalue weighted by Crippen LogP contribution is -2.19. The second-order valence-electron chi connectivity index (χ2n) is 3.12. The van der Waals surface area contributed by atoms with Crippen molar-refractivity contribution in [3.63, 3.8) is 0 Å². The third kappa shape index (κ3) is 3.55. The third-order valence-corrected chi connectivity index (χ3v) is 2.35. The van der Waals surface area contributed by atoms with Gasteiger partial charge in [-0.1, -0.05) is 6.92 Å². The molecule has 0 radical (unpaired) electrons. The lowest BCUT2D eigenvalue weighted by atomic mass is 10.4. The summed E-state index contributed by atoms with van der Waals surface area (Å²) in [5.74, 6) is 0.750. The van der Waals surface area contributed by atoms with Crippen LogP contribution in [-0.2, 0) is 4.74 Å². The van der Waals surface area contributed by atoms with Gasteiger partial charge in [-0.15, -0.1) is 11.3 Å². The van der Waals surface area contributed by atoms with E-state index in [4.69, 9.17) is 9.47 Å². The summed E-state index contributed by atoms with van der Waals surface area (Å²) in [7, 11) is 0. The lowest BCUT2D eigenvalue weighted by molar-refractivity contribution is 0.0580. The SMILES string of the molecule is CCCOCC(C)Oc1cscc1O. The summed E-state index contributed by atoms with van der Waals surface area (Å²) in [6.07, 6.45) is 0.984. The third-order valence-electron chi connectivity index (χ3n) is 1.64. The molecule has 0 saturated heterocycles. The summed E-state index contributed by atoms with van der Waals surface area (Å²) in [5, 5.41) is 12.7. The van der Waals surface area contributed by atoms with Crippen molar-refractivity contribution in [2.24, 2.45) is 0 Å². The van der Waals surface area contributed by atoms with Gasteiger partial charge in [-0.2, -0.15) is 0 Å². The molecule has 0 aromatic carbocycles. The van der Waals surface area contributed by atoms with Gasteiger partial charge >= 0.3 is 0 Å². The van der Waals surface area contributed by atoms with E-state index in [1.165, 1.54) is 11.3 Å². The smallest absolute Gasteiger partial charge is 0.172 e. The molecule has 1 rings (SSSR count). The van der Waals surface area contributed by atoms with E-state index in [9.17, 15) is 5.11 Å². The van der Waals surface area contributed by atoms with Crippen molar-refractivity contribution in [3.05, 3.63) is 10.8 Å². The van der Waals surface area contributed by atoms with E-state index in [-0.39, 0.29) is 11.9 Å². The normalized spacial score (nSPS) is 12.7. The van der Waals surface area contributed by atoms with E-state index in [1.807, 2.05) is 6.92 Å². The fourth-order valence-corrected chi connectivity index (χ4v) is 1.62. The van der Waals surface area contributed by atoms with Gasteiger partial charge in [-0.3, -0.25) is 0 Å². The molecule has 0 bridgehead atoms. The molecule has 1 aromatic rings. The topological polar surface area (TPSA) is 38.7 Å². The Morgan fingerprint density at radius 2 is 2.29 bits per heavy atom. The summed E-state index contributed by atoms with van der Waals surface area (Å²) in [6, 6.07) is 0. The molecule has 0 fully saturated rings. The minimum Gasteiger partial charge on any atom is -0.504 e. The molecule has 14 heavy (non-hydrogen) atoms. The van der Waals surface area contributed by atoms with Crippen LogP contribution in [0.4, 0.5) is 0 Å². The van der Waals surface area contributed by atoms with Gasteiger partial charge in [0.2, 0.25) is 0 Å². The van der Waals surface area contributed by atoms with Crippen molar-refractivity contribution >= 4 is 11.3 Å². The largest absolute Gasteiger partial charge is 0.504 e. The molecule has 4 heteroatoms. The Labute approximate surface area is 88.3 Å². The highest BCUT2D eigenvalue weighted by Gasteiger charge is 2.08. The maximum Gasteiger partial charge on any atom is 0.172 e. The Balaban J connectivity index is 2.27. The minimum atomic E-state index is -0.0259. The van der Waals surface area contributed by atoms with Crippen LogP contribution in [0.3, 0.4) is 0 Å². The summed E-state index contributed by atoms with van der Waals surface area (Å²) in [5.41, 5.74) is 0. The van der Waals surface area contributed by atoms with E-state index < -0.39 is 0 Å². The Kier molecular flexibility index (Phi) is 4.76. The van der Waals surface area contributed by atoms with Gasteiger partial charge in [0.25, 0.3) is 0 Å². The van der Waals surface area contributed by atoms with Crippen LogP contribution in [0.25, 0.3) is 0 Å². The van der Waals surface area contributed by atoms with Crippen LogP contribution in [-0.4, -0.2) is 24.4 Å². The van der Waals surface area contributed by atoms with Gasteiger partial charge in [0.05, 0.1) is 6.61 Å². The van der Waals surface area contributed by atoms with Gasteiger partial charge in [0.15, 0.2) is 11.5 Å². The van der Waals surface area contributed by atoms with Crippen molar-refractivity contribution in [1.29, 1.82) is 0 Å². The Hall–Kier alpha value is -0.740. The van der Waals surface area contributed by atoms with E-state index in [1.54, 1.807) is 10.8 Å². The predicted molar refractivity (Wildman–Crippen MR) is 57.2 cm³/mol. The average Bonchev–Trinajstić information content (AvgIpc) is 2.52. The van der Waals surface area contributed by atoms with E-state index >= 15 is 0 Å². The van der Waals surface area contributed by atoms with Crippen molar-refractivity contribution in [1.82, 2.24) is 0 Å². The highest BCUT2D eigenvalue weighted by atomic mass is 32.1. The van der Waals surface area contributed by atoms with E-state index in [2.05, 4.69) is 6.92 Å². The molecular weight excluding hydrogens is 200 g/mol. The fourth-order valence-electron chi connectivity index (χ4n) is 1.01. The summed E-state index contributed by atoms with van der Waals surface area (Å²) in [6.45, 7) is 5.30. The van der Waals surface area contributed by atoms with Gasteiger partial charge in [0.1, 0.15) is 6.10 Å². The molecule has 0 aliphatic rings. The average molecular weight is 216 g/mol. The van der Waals surface area contributed by atoms with E-state index in [0.717, 1.165) is 13.0 Å². The maximum atomic E-state index is 9.32. The molecule has 0 aliphatic heterocycles. The zero-order chi connectivity index (χ0) is 10.4. The summed E-state index contributed by atoms with van der Waals surface area (Å²) >= 11 is 1.42. The molecule has 1 heterocycles. The Bertz CT molecular complexity index is 260. The number of aromatic hydroxyl groups is 1. The molecule has 80 valence electrons. The highest BCUT2D eigenvalue weighted by molar-refractivity contribution is 7.08. The van der Waals surface area contributed by atoms with E-state index in [0.29, 0.717) is 12.4 Å². The molecule has 0 amide bonds. The van der Waals surface area contributed by atoms with Gasteiger partial charge in [0, 0.05) is 17.4 Å².